The molecular formula is C19H20ClFN2O2. The van der Waals surface area contributed by atoms with Gasteiger partial charge in [-0.15, -0.1) is 12.4 Å². The molecule has 1 saturated heterocycles. The molecule has 0 saturated carbocycles. The Labute approximate surface area is 151 Å². The average Bonchev–Trinajstić information content (AvgIpc) is 3.13. The smallest absolute Gasteiger partial charge is 0.213 e. The summed E-state index contributed by atoms with van der Waals surface area (Å²) in [4.78, 5) is 4.64. The highest BCUT2D eigenvalue weighted by molar-refractivity contribution is 5.85. The minimum atomic E-state index is -0.284. The Morgan fingerprint density at radius 2 is 2.00 bits per heavy atom. The Morgan fingerprint density at radius 1 is 1.16 bits per heavy atom. The molecule has 0 bridgehead atoms. The van der Waals surface area contributed by atoms with E-state index >= 15 is 0 Å². The number of pyridine rings is 1. The van der Waals surface area contributed by atoms with E-state index in [4.69, 9.17) is 9.15 Å². The summed E-state index contributed by atoms with van der Waals surface area (Å²) in [5, 5.41) is 3.84. The number of ether oxygens (including phenoxy) is 1. The van der Waals surface area contributed by atoms with Gasteiger partial charge in [-0.2, -0.15) is 0 Å². The van der Waals surface area contributed by atoms with Crippen molar-refractivity contribution in [2.45, 2.75) is 25.4 Å². The van der Waals surface area contributed by atoms with Crippen LogP contribution in [-0.4, -0.2) is 18.1 Å². The number of aromatic nitrogens is 1. The fraction of sp³-hybridized carbons (Fsp3) is 0.316. The number of rotatable bonds is 4. The third kappa shape index (κ3) is 3.78. The Kier molecular flexibility index (Phi) is 5.56. The first-order chi connectivity index (χ1) is 11.8. The number of nitrogens with one attached hydrogen (secondary N) is 1. The molecule has 3 aromatic rings. The Bertz CT molecular complexity index is 846. The Balaban J connectivity index is 0.00000182. The van der Waals surface area contributed by atoms with E-state index in [1.807, 2.05) is 12.1 Å². The number of halogens is 2. The molecule has 4 nitrogen and oxygen atoms in total. The molecule has 0 unspecified atom stereocenters. The predicted octanol–water partition coefficient (Wildman–Crippen LogP) is 4.43. The largest absolute Gasteiger partial charge is 0.473 e. The van der Waals surface area contributed by atoms with Crippen LogP contribution in [0.3, 0.4) is 0 Å². The maximum atomic E-state index is 13.7. The van der Waals surface area contributed by atoms with Gasteiger partial charge in [0.05, 0.1) is 11.6 Å². The zero-order valence-corrected chi connectivity index (χ0v) is 14.5. The zero-order valence-electron chi connectivity index (χ0n) is 13.7. The van der Waals surface area contributed by atoms with E-state index in [0.29, 0.717) is 29.4 Å². The van der Waals surface area contributed by atoms with Crippen LogP contribution >= 0.6 is 12.4 Å². The van der Waals surface area contributed by atoms with E-state index in [0.717, 1.165) is 37.2 Å². The van der Waals surface area contributed by atoms with E-state index < -0.39 is 0 Å². The van der Waals surface area contributed by atoms with Gasteiger partial charge in [-0.25, -0.2) is 9.37 Å². The molecule has 2 aromatic heterocycles. The summed E-state index contributed by atoms with van der Waals surface area (Å²) in [6, 6.07) is 10.7. The number of furan rings is 1. The number of benzene rings is 1. The van der Waals surface area contributed by atoms with Crippen LogP contribution in [-0.2, 0) is 6.61 Å². The zero-order chi connectivity index (χ0) is 16.4. The molecule has 25 heavy (non-hydrogen) atoms. The molecule has 0 atom stereocenters. The molecule has 3 heterocycles. The summed E-state index contributed by atoms with van der Waals surface area (Å²) >= 11 is 0. The maximum Gasteiger partial charge on any atom is 0.213 e. The van der Waals surface area contributed by atoms with Crippen molar-refractivity contribution in [3.8, 4) is 5.88 Å². The van der Waals surface area contributed by atoms with Gasteiger partial charge in [-0.1, -0.05) is 6.07 Å². The van der Waals surface area contributed by atoms with Crippen molar-refractivity contribution >= 4 is 23.4 Å². The van der Waals surface area contributed by atoms with Crippen LogP contribution in [0.1, 0.15) is 30.0 Å². The highest BCUT2D eigenvalue weighted by Gasteiger charge is 2.17. The second-order valence-electron chi connectivity index (χ2n) is 6.08. The van der Waals surface area contributed by atoms with Crippen molar-refractivity contribution < 1.29 is 13.5 Å². The number of piperidine rings is 1. The second-order valence-corrected chi connectivity index (χ2v) is 6.08. The van der Waals surface area contributed by atoms with E-state index in [9.17, 15) is 4.39 Å². The van der Waals surface area contributed by atoms with Crippen LogP contribution in [0, 0.1) is 5.82 Å². The van der Waals surface area contributed by atoms with Crippen LogP contribution in [0.15, 0.2) is 47.1 Å². The molecule has 1 aliphatic rings. The highest BCUT2D eigenvalue weighted by Crippen LogP contribution is 2.26. The summed E-state index contributed by atoms with van der Waals surface area (Å²) < 4.78 is 24.9. The lowest BCUT2D eigenvalue weighted by molar-refractivity contribution is 0.291. The normalized spacial score (nSPS) is 15.1. The van der Waals surface area contributed by atoms with Crippen LogP contribution in [0.5, 0.6) is 5.88 Å². The first-order valence-corrected chi connectivity index (χ1v) is 8.26. The van der Waals surface area contributed by atoms with E-state index in [2.05, 4.69) is 16.4 Å². The lowest BCUT2D eigenvalue weighted by Crippen LogP contribution is -2.27. The Morgan fingerprint density at radius 3 is 2.84 bits per heavy atom. The molecule has 1 aromatic carbocycles. The molecule has 1 aliphatic heterocycles. The van der Waals surface area contributed by atoms with Gasteiger partial charge in [-0.05, 0) is 50.2 Å². The van der Waals surface area contributed by atoms with Crippen molar-refractivity contribution in [1.82, 2.24) is 10.3 Å². The van der Waals surface area contributed by atoms with Gasteiger partial charge in [0, 0.05) is 23.2 Å². The molecule has 1 N–H and O–H groups in total. The summed E-state index contributed by atoms with van der Waals surface area (Å²) in [6.07, 6.45) is 3.69. The van der Waals surface area contributed by atoms with Gasteiger partial charge >= 0.3 is 0 Å². The quantitative estimate of drug-likeness (QED) is 0.745. The molecule has 1 fully saturated rings. The SMILES string of the molecule is Cl.Fc1ccc(COc2cccc(C3CCNCC3)n2)c2occc12. The van der Waals surface area contributed by atoms with Crippen LogP contribution in [0.4, 0.5) is 4.39 Å². The summed E-state index contributed by atoms with van der Waals surface area (Å²) in [7, 11) is 0. The van der Waals surface area contributed by atoms with Gasteiger partial charge in [0.25, 0.3) is 0 Å². The number of hydrogen-bond acceptors (Lipinski definition) is 4. The van der Waals surface area contributed by atoms with E-state index in [1.54, 1.807) is 12.1 Å². The van der Waals surface area contributed by atoms with E-state index in [1.165, 1.54) is 12.3 Å². The predicted molar refractivity (Wildman–Crippen MR) is 96.8 cm³/mol. The van der Waals surface area contributed by atoms with Crippen LogP contribution in [0.2, 0.25) is 0 Å². The van der Waals surface area contributed by atoms with Crippen molar-refractivity contribution in [2.75, 3.05) is 13.1 Å². The van der Waals surface area contributed by atoms with Crippen molar-refractivity contribution in [1.29, 1.82) is 0 Å². The van der Waals surface area contributed by atoms with Gasteiger partial charge in [0.2, 0.25) is 5.88 Å². The monoisotopic (exact) mass is 362 g/mol. The highest BCUT2D eigenvalue weighted by atomic mass is 35.5. The van der Waals surface area contributed by atoms with Crippen LogP contribution < -0.4 is 10.1 Å². The Hall–Kier alpha value is -2.11. The summed E-state index contributed by atoms with van der Waals surface area (Å²) in [6.45, 7) is 2.36. The molecule has 0 spiro atoms. The minimum absolute atomic E-state index is 0. The third-order valence-corrected chi connectivity index (χ3v) is 4.52. The molecule has 4 rings (SSSR count). The maximum absolute atomic E-state index is 13.7. The van der Waals surface area contributed by atoms with Gasteiger partial charge in [0.1, 0.15) is 18.0 Å². The first kappa shape index (κ1) is 17.7. The number of nitrogens with zero attached hydrogens (tertiary/aromatic N) is 1. The summed E-state index contributed by atoms with van der Waals surface area (Å²) in [5.74, 6) is 0.793. The van der Waals surface area contributed by atoms with Gasteiger partial charge in [0.15, 0.2) is 0 Å². The van der Waals surface area contributed by atoms with Crippen LogP contribution in [0.25, 0.3) is 11.0 Å². The minimum Gasteiger partial charge on any atom is -0.473 e. The molecular weight excluding hydrogens is 343 g/mol. The van der Waals surface area contributed by atoms with Crippen molar-refractivity contribution in [3.05, 3.63) is 59.7 Å². The van der Waals surface area contributed by atoms with Crippen molar-refractivity contribution in [3.63, 3.8) is 0 Å². The summed E-state index contributed by atoms with van der Waals surface area (Å²) in [5.41, 5.74) is 2.42. The lowest BCUT2D eigenvalue weighted by atomic mass is 9.94. The van der Waals surface area contributed by atoms with Crippen molar-refractivity contribution in [2.24, 2.45) is 0 Å². The third-order valence-electron chi connectivity index (χ3n) is 4.52. The topological polar surface area (TPSA) is 47.3 Å². The molecule has 6 heteroatoms. The molecule has 0 radical (unpaired) electrons. The number of fused-ring (bicyclic) bond motifs is 1. The molecule has 132 valence electrons. The second kappa shape index (κ2) is 7.85. The first-order valence-electron chi connectivity index (χ1n) is 8.26. The fourth-order valence-electron chi connectivity index (χ4n) is 3.21. The average molecular weight is 363 g/mol. The van der Waals surface area contributed by atoms with E-state index in [-0.39, 0.29) is 18.2 Å². The number of hydrogen-bond donors (Lipinski definition) is 1. The standard InChI is InChI=1S/C19H19FN2O2.ClH/c20-16-5-4-14(19-15(16)8-11-23-19)12-24-18-3-1-2-17(22-18)13-6-9-21-10-7-13;/h1-5,8,11,13,21H,6-7,9-10,12H2;1H. The fourth-order valence-corrected chi connectivity index (χ4v) is 3.21. The lowest BCUT2D eigenvalue weighted by Gasteiger charge is -2.22. The van der Waals surface area contributed by atoms with Gasteiger partial charge < -0.3 is 14.5 Å². The molecule has 0 aliphatic carbocycles. The van der Waals surface area contributed by atoms with Gasteiger partial charge in [-0.3, -0.25) is 0 Å². The molecule has 0 amide bonds.